The van der Waals surface area contributed by atoms with Crippen LogP contribution in [0.4, 0.5) is 0 Å². The van der Waals surface area contributed by atoms with Gasteiger partial charge in [-0.1, -0.05) is 12.1 Å². The highest BCUT2D eigenvalue weighted by Crippen LogP contribution is 2.24. The van der Waals surface area contributed by atoms with Gasteiger partial charge in [0.15, 0.2) is 0 Å². The van der Waals surface area contributed by atoms with Gasteiger partial charge in [0.05, 0.1) is 6.07 Å². The Labute approximate surface area is 97.5 Å². The van der Waals surface area contributed by atoms with Gasteiger partial charge in [0, 0.05) is 9.61 Å². The van der Waals surface area contributed by atoms with Crippen molar-refractivity contribution in [1.82, 2.24) is 5.32 Å². The SMILES string of the molecule is N#CC(NC1CC1)c1ccc(I)cc1. The molecule has 0 bridgehead atoms. The quantitative estimate of drug-likeness (QED) is 0.871. The normalized spacial score (nSPS) is 17.4. The van der Waals surface area contributed by atoms with Crippen molar-refractivity contribution < 1.29 is 0 Å². The zero-order valence-corrected chi connectivity index (χ0v) is 9.86. The number of benzene rings is 1. The summed E-state index contributed by atoms with van der Waals surface area (Å²) in [6, 6.07) is 10.8. The van der Waals surface area contributed by atoms with E-state index in [9.17, 15) is 0 Å². The smallest absolute Gasteiger partial charge is 0.121 e. The van der Waals surface area contributed by atoms with Gasteiger partial charge in [0.25, 0.3) is 0 Å². The molecule has 1 saturated carbocycles. The largest absolute Gasteiger partial charge is 0.295 e. The van der Waals surface area contributed by atoms with Crippen LogP contribution < -0.4 is 5.32 Å². The highest BCUT2D eigenvalue weighted by molar-refractivity contribution is 14.1. The Morgan fingerprint density at radius 3 is 2.50 bits per heavy atom. The van der Waals surface area contributed by atoms with Crippen molar-refractivity contribution in [3.8, 4) is 6.07 Å². The van der Waals surface area contributed by atoms with E-state index in [1.165, 1.54) is 16.4 Å². The van der Waals surface area contributed by atoms with E-state index in [1.54, 1.807) is 0 Å². The zero-order valence-electron chi connectivity index (χ0n) is 7.70. The van der Waals surface area contributed by atoms with Gasteiger partial charge in [-0.3, -0.25) is 5.32 Å². The second kappa shape index (κ2) is 4.28. The van der Waals surface area contributed by atoms with E-state index in [0.717, 1.165) is 5.56 Å². The van der Waals surface area contributed by atoms with Crippen molar-refractivity contribution in [2.75, 3.05) is 0 Å². The molecule has 0 amide bonds. The lowest BCUT2D eigenvalue weighted by Gasteiger charge is -2.10. The number of halogens is 1. The van der Waals surface area contributed by atoms with Crippen LogP contribution in [0.25, 0.3) is 0 Å². The molecule has 0 saturated heterocycles. The molecule has 0 heterocycles. The average Bonchev–Trinajstić information content (AvgIpc) is 3.00. The van der Waals surface area contributed by atoms with Crippen LogP contribution in [0, 0.1) is 14.9 Å². The lowest BCUT2D eigenvalue weighted by atomic mass is 10.1. The Balaban J connectivity index is 2.10. The summed E-state index contributed by atoms with van der Waals surface area (Å²) in [5, 5.41) is 12.3. The van der Waals surface area contributed by atoms with Crippen molar-refractivity contribution in [3.05, 3.63) is 33.4 Å². The number of rotatable bonds is 3. The van der Waals surface area contributed by atoms with Crippen molar-refractivity contribution in [2.24, 2.45) is 0 Å². The summed E-state index contributed by atoms with van der Waals surface area (Å²) in [4.78, 5) is 0. The predicted molar refractivity (Wildman–Crippen MR) is 63.7 cm³/mol. The third-order valence-electron chi connectivity index (χ3n) is 2.31. The number of nitrogens with one attached hydrogen (secondary N) is 1. The Kier molecular flexibility index (Phi) is 3.04. The van der Waals surface area contributed by atoms with E-state index in [4.69, 9.17) is 5.26 Å². The Hall–Kier alpha value is -0.600. The number of hydrogen-bond donors (Lipinski definition) is 1. The molecule has 1 aromatic carbocycles. The molecule has 0 radical (unpaired) electrons. The molecule has 0 spiro atoms. The van der Waals surface area contributed by atoms with E-state index >= 15 is 0 Å². The van der Waals surface area contributed by atoms with E-state index in [1.807, 2.05) is 24.3 Å². The molecule has 0 aliphatic heterocycles. The molecule has 3 heteroatoms. The number of nitrogens with zero attached hydrogens (tertiary/aromatic N) is 1. The monoisotopic (exact) mass is 298 g/mol. The van der Waals surface area contributed by atoms with Crippen molar-refractivity contribution >= 4 is 22.6 Å². The summed E-state index contributed by atoms with van der Waals surface area (Å²) in [5.74, 6) is 0. The molecule has 1 unspecified atom stereocenters. The summed E-state index contributed by atoms with van der Waals surface area (Å²) < 4.78 is 1.20. The Morgan fingerprint density at radius 1 is 1.36 bits per heavy atom. The number of hydrogen-bond acceptors (Lipinski definition) is 2. The summed E-state index contributed by atoms with van der Waals surface area (Å²) >= 11 is 2.27. The topological polar surface area (TPSA) is 35.8 Å². The predicted octanol–water partition coefficient (Wildman–Crippen LogP) is 2.61. The molecule has 2 nitrogen and oxygen atoms in total. The second-order valence-electron chi connectivity index (χ2n) is 3.55. The Morgan fingerprint density at radius 2 is 2.00 bits per heavy atom. The van der Waals surface area contributed by atoms with Gasteiger partial charge in [-0.05, 0) is 53.1 Å². The molecule has 0 aromatic heterocycles. The maximum absolute atomic E-state index is 9.01. The molecule has 2 rings (SSSR count). The maximum atomic E-state index is 9.01. The van der Waals surface area contributed by atoms with Crippen molar-refractivity contribution in [2.45, 2.75) is 24.9 Å². The van der Waals surface area contributed by atoms with Crippen LogP contribution in [-0.2, 0) is 0 Å². The number of nitriles is 1. The van der Waals surface area contributed by atoms with Crippen LogP contribution >= 0.6 is 22.6 Å². The molecule has 1 N–H and O–H groups in total. The van der Waals surface area contributed by atoms with Crippen LogP contribution in [0.3, 0.4) is 0 Å². The standard InChI is InChI=1S/C11H11IN2/c12-9-3-1-8(2-4-9)11(7-13)14-10-5-6-10/h1-4,10-11,14H,5-6H2. The summed E-state index contributed by atoms with van der Waals surface area (Å²) in [6.07, 6.45) is 2.42. The summed E-state index contributed by atoms with van der Waals surface area (Å²) in [7, 11) is 0. The zero-order chi connectivity index (χ0) is 9.97. The van der Waals surface area contributed by atoms with E-state index in [-0.39, 0.29) is 6.04 Å². The lowest BCUT2D eigenvalue weighted by Crippen LogP contribution is -2.21. The third kappa shape index (κ3) is 2.46. The van der Waals surface area contributed by atoms with Gasteiger partial charge in [-0.2, -0.15) is 5.26 Å². The molecule has 1 aliphatic carbocycles. The fourth-order valence-electron chi connectivity index (χ4n) is 1.35. The Bertz CT molecular complexity index is 349. The molecule has 72 valence electrons. The first-order valence-electron chi connectivity index (χ1n) is 4.71. The minimum absolute atomic E-state index is 0.139. The van der Waals surface area contributed by atoms with Crippen LogP contribution in [0.1, 0.15) is 24.4 Å². The van der Waals surface area contributed by atoms with Gasteiger partial charge >= 0.3 is 0 Å². The van der Waals surface area contributed by atoms with Gasteiger partial charge in [0.1, 0.15) is 6.04 Å². The fourth-order valence-corrected chi connectivity index (χ4v) is 1.71. The minimum atomic E-state index is -0.139. The summed E-state index contributed by atoms with van der Waals surface area (Å²) in [5.41, 5.74) is 1.07. The first kappa shape index (κ1) is 9.94. The van der Waals surface area contributed by atoms with Crippen molar-refractivity contribution in [1.29, 1.82) is 5.26 Å². The molecule has 1 atom stereocenters. The third-order valence-corrected chi connectivity index (χ3v) is 3.03. The van der Waals surface area contributed by atoms with Gasteiger partial charge in [-0.25, -0.2) is 0 Å². The molecule has 1 aromatic rings. The average molecular weight is 298 g/mol. The molecular formula is C11H11IN2. The summed E-state index contributed by atoms with van der Waals surface area (Å²) in [6.45, 7) is 0. The van der Waals surface area contributed by atoms with E-state index in [2.05, 4.69) is 34.0 Å². The van der Waals surface area contributed by atoms with Gasteiger partial charge in [0.2, 0.25) is 0 Å². The van der Waals surface area contributed by atoms with Gasteiger partial charge < -0.3 is 0 Å². The van der Waals surface area contributed by atoms with Crippen LogP contribution in [-0.4, -0.2) is 6.04 Å². The lowest BCUT2D eigenvalue weighted by molar-refractivity contribution is 0.626. The van der Waals surface area contributed by atoms with Crippen LogP contribution in [0.15, 0.2) is 24.3 Å². The first-order valence-corrected chi connectivity index (χ1v) is 5.78. The second-order valence-corrected chi connectivity index (χ2v) is 4.80. The van der Waals surface area contributed by atoms with Crippen LogP contribution in [0.2, 0.25) is 0 Å². The first-order chi connectivity index (χ1) is 6.79. The fraction of sp³-hybridized carbons (Fsp3) is 0.364. The molecular weight excluding hydrogens is 287 g/mol. The molecule has 14 heavy (non-hydrogen) atoms. The van der Waals surface area contributed by atoms with E-state index < -0.39 is 0 Å². The van der Waals surface area contributed by atoms with Gasteiger partial charge in [-0.15, -0.1) is 0 Å². The molecule has 1 fully saturated rings. The minimum Gasteiger partial charge on any atom is -0.295 e. The van der Waals surface area contributed by atoms with E-state index in [0.29, 0.717) is 6.04 Å². The highest BCUT2D eigenvalue weighted by atomic mass is 127. The van der Waals surface area contributed by atoms with Crippen LogP contribution in [0.5, 0.6) is 0 Å². The maximum Gasteiger partial charge on any atom is 0.121 e. The van der Waals surface area contributed by atoms with Crippen molar-refractivity contribution in [3.63, 3.8) is 0 Å². The highest BCUT2D eigenvalue weighted by Gasteiger charge is 2.24. The molecule has 1 aliphatic rings.